The summed E-state index contributed by atoms with van der Waals surface area (Å²) in [6, 6.07) is 4.01. The van der Waals surface area contributed by atoms with E-state index in [1.165, 1.54) is 189 Å². The van der Waals surface area contributed by atoms with Crippen LogP contribution in [0, 0.1) is 0 Å². The summed E-state index contributed by atoms with van der Waals surface area (Å²) in [6.07, 6.45) is 34.8. The lowest BCUT2D eigenvalue weighted by Gasteiger charge is -2.22. The van der Waals surface area contributed by atoms with Gasteiger partial charge >= 0.3 is 0 Å². The van der Waals surface area contributed by atoms with Crippen molar-refractivity contribution in [2.24, 2.45) is 0 Å². The lowest BCUT2D eigenvalue weighted by atomic mass is 9.99. The Morgan fingerprint density at radius 3 is 0.955 bits per heavy atom. The van der Waals surface area contributed by atoms with Crippen molar-refractivity contribution in [1.82, 2.24) is 0 Å². The Hall–Kier alpha value is 2.23. The maximum Gasteiger partial charge on any atom is 0.162 e. The molecule has 0 bridgehead atoms. The van der Waals surface area contributed by atoms with Gasteiger partial charge in [0.15, 0.2) is 29.3 Å². The number of rotatable bonds is 21. The maximum absolute atomic E-state index is 6.47. The monoisotopic (exact) mass is 756 g/mol. The lowest BCUT2D eigenvalue weighted by Crippen LogP contribution is -2.17. The molecule has 0 heterocycles. The Morgan fingerprint density at radius 1 is 0.432 bits per heavy atom. The van der Waals surface area contributed by atoms with Crippen LogP contribution in [-0.4, -0.2) is 64.9 Å². The van der Waals surface area contributed by atoms with Crippen molar-refractivity contribution in [2.45, 2.75) is 191 Å². The van der Waals surface area contributed by atoms with Crippen LogP contribution in [0.15, 0.2) is 0 Å². The number of hydrogen-bond acceptors (Lipinski definition) is 7. The fourth-order valence-corrected chi connectivity index (χ4v) is 25.5. The highest BCUT2D eigenvalue weighted by Crippen LogP contribution is 2.78. The van der Waals surface area contributed by atoms with Crippen LogP contribution in [-0.2, 0) is 25.1 Å². The van der Waals surface area contributed by atoms with E-state index in [2.05, 4.69) is 34.1 Å². The first-order valence-electron chi connectivity index (χ1n) is 19.1. The minimum absolute atomic E-state index is 0.369. The highest BCUT2D eigenvalue weighted by Gasteiger charge is 2.20. The summed E-state index contributed by atoms with van der Waals surface area (Å²) in [5, 5.41) is 0. The molecule has 0 aromatic rings. The quantitative estimate of drug-likeness (QED) is 0.0654. The highest BCUT2D eigenvalue weighted by molar-refractivity contribution is 9.23. The molecule has 0 aromatic heterocycles. The van der Waals surface area contributed by atoms with E-state index in [0.29, 0.717) is 18.3 Å². The first-order valence-corrected chi connectivity index (χ1v) is 31.4. The van der Waals surface area contributed by atoms with Gasteiger partial charge < -0.3 is 13.3 Å². The number of hydrogen-bond donors (Lipinski definition) is 0. The Kier molecular flexibility index (Phi) is 25.9. The first kappa shape index (κ1) is 40.7. The zero-order valence-corrected chi connectivity index (χ0v) is 36.8. The van der Waals surface area contributed by atoms with Crippen molar-refractivity contribution >= 4 is 78.9 Å². The van der Waals surface area contributed by atoms with Crippen LogP contribution in [0.1, 0.15) is 154 Å². The van der Waals surface area contributed by atoms with Crippen molar-refractivity contribution < 1.29 is 13.3 Å². The molecule has 0 saturated heterocycles. The minimum Gasteiger partial charge on any atom is -0.421 e. The molecule has 0 unspecified atom stereocenters. The zero-order chi connectivity index (χ0) is 30.8. The van der Waals surface area contributed by atoms with Gasteiger partial charge in [-0.05, 0) is 93.2 Å². The fourth-order valence-electron chi connectivity index (χ4n) is 6.76. The van der Waals surface area contributed by atoms with Crippen LogP contribution in [0.4, 0.5) is 0 Å². The van der Waals surface area contributed by atoms with Crippen molar-refractivity contribution in [3.05, 3.63) is 0 Å². The molecule has 0 spiro atoms. The molecule has 0 N–H and O–H groups in total. The van der Waals surface area contributed by atoms with Gasteiger partial charge in [0, 0.05) is 18.3 Å². The fraction of sp³-hybridized carbons (Fsp3) is 1.00. The first-order chi connectivity index (χ1) is 21.7. The Labute approximate surface area is 298 Å². The molecule has 3 aliphatic carbocycles. The van der Waals surface area contributed by atoms with Crippen LogP contribution in [0.25, 0.3) is 0 Å². The van der Waals surface area contributed by atoms with Crippen molar-refractivity contribution in [3.63, 3.8) is 0 Å². The molecule has 44 heavy (non-hydrogen) atoms. The summed E-state index contributed by atoms with van der Waals surface area (Å²) >= 11 is 13.0. The third-order valence-electron chi connectivity index (χ3n) is 9.58. The molecule has 0 radical (unpaired) electrons. The van der Waals surface area contributed by atoms with E-state index in [1.807, 2.05) is 0 Å². The van der Waals surface area contributed by atoms with E-state index >= 15 is 0 Å². The standard InChI is InChI=1S/C33H69O3PS4Si3/c38-37(39-25-16-28-42-34-31-19-10-4-1-5-11-20-31,40-26-17-29-43-35-32-21-12-6-2-7-13-22-32)41-27-18-30-44-36-33-23-14-8-3-9-15-24-33/h31-33H,1-30,42-44H2. The van der Waals surface area contributed by atoms with Gasteiger partial charge in [-0.25, -0.2) is 0 Å². The van der Waals surface area contributed by atoms with Gasteiger partial charge in [0.25, 0.3) is 0 Å². The molecule has 0 aromatic carbocycles. The average Bonchev–Trinajstić information content (AvgIpc) is 2.97. The molecular weight excluding hydrogens is 688 g/mol. The molecule has 260 valence electrons. The van der Waals surface area contributed by atoms with Crippen LogP contribution in [0.5, 0.6) is 0 Å². The van der Waals surface area contributed by atoms with E-state index in [4.69, 9.17) is 25.1 Å². The Balaban J connectivity index is 1.29. The van der Waals surface area contributed by atoms with Crippen molar-refractivity contribution in [1.29, 1.82) is 0 Å². The van der Waals surface area contributed by atoms with E-state index in [9.17, 15) is 0 Å². The third-order valence-corrected chi connectivity index (χ3v) is 29.5. The van der Waals surface area contributed by atoms with Gasteiger partial charge in [-0.15, -0.1) is 34.1 Å². The van der Waals surface area contributed by atoms with E-state index in [-0.39, 0.29) is 29.3 Å². The van der Waals surface area contributed by atoms with Gasteiger partial charge in [-0.2, -0.15) is 0 Å². The van der Waals surface area contributed by atoms with Gasteiger partial charge in [-0.3, -0.25) is 0 Å². The lowest BCUT2D eigenvalue weighted by molar-refractivity contribution is 0.174. The second kappa shape index (κ2) is 28.0. The molecule has 3 fully saturated rings. The highest BCUT2D eigenvalue weighted by atomic mass is 33.5. The summed E-state index contributed by atoms with van der Waals surface area (Å²) in [5.41, 5.74) is 0. The van der Waals surface area contributed by atoms with Crippen LogP contribution in [0.2, 0.25) is 18.1 Å². The SMILES string of the molecule is S=P(SCCC[SiH2]OC1CCCCCCC1)(SCCC[SiH2]OC1CCCCCCC1)SCCC[SiH2]OC1CCCCCCC1. The molecule has 11 heteroatoms. The summed E-state index contributed by atoms with van der Waals surface area (Å²) < 4.78 is 17.9. The molecule has 3 saturated carbocycles. The van der Waals surface area contributed by atoms with Gasteiger partial charge in [0.2, 0.25) is 0 Å². The molecule has 3 rings (SSSR count). The van der Waals surface area contributed by atoms with Crippen LogP contribution < -0.4 is 0 Å². The summed E-state index contributed by atoms with van der Waals surface area (Å²) in [7, 11) is -1.11. The largest absolute Gasteiger partial charge is 0.421 e. The predicted octanol–water partition coefficient (Wildman–Crippen LogP) is 10.5. The Bertz CT molecular complexity index is 615. The average molecular weight is 757 g/mol. The van der Waals surface area contributed by atoms with Crippen molar-refractivity contribution in [3.8, 4) is 0 Å². The Morgan fingerprint density at radius 2 is 0.682 bits per heavy atom. The van der Waals surface area contributed by atoms with Crippen molar-refractivity contribution in [2.75, 3.05) is 17.3 Å². The van der Waals surface area contributed by atoms with E-state index < -0.39 is 3.64 Å². The minimum atomic E-state index is -1.47. The normalized spacial score (nSPS) is 23.1. The smallest absolute Gasteiger partial charge is 0.162 e. The maximum atomic E-state index is 6.47. The third kappa shape index (κ3) is 21.3. The zero-order valence-electron chi connectivity index (χ0n) is 28.4. The van der Waals surface area contributed by atoms with E-state index in [1.54, 1.807) is 0 Å². The molecule has 3 nitrogen and oxygen atoms in total. The summed E-state index contributed by atoms with van der Waals surface area (Å²) in [6.45, 7) is 0. The molecule has 0 aliphatic heterocycles. The van der Waals surface area contributed by atoms with Crippen LogP contribution in [0.3, 0.4) is 0 Å². The topological polar surface area (TPSA) is 27.7 Å². The predicted molar refractivity (Wildman–Crippen MR) is 217 cm³/mol. The van der Waals surface area contributed by atoms with Gasteiger partial charge in [0.1, 0.15) is 3.64 Å². The molecule has 0 atom stereocenters. The molecule has 0 amide bonds. The second-order valence-corrected chi connectivity index (χ2v) is 33.9. The summed E-state index contributed by atoms with van der Waals surface area (Å²) in [4.78, 5) is 0. The van der Waals surface area contributed by atoms with E-state index in [0.717, 1.165) is 0 Å². The van der Waals surface area contributed by atoms with Gasteiger partial charge in [0.05, 0.1) is 0 Å². The van der Waals surface area contributed by atoms with Crippen LogP contribution >= 0.6 is 37.8 Å². The van der Waals surface area contributed by atoms with Gasteiger partial charge in [-0.1, -0.05) is 108 Å². The second-order valence-electron chi connectivity index (χ2n) is 13.6. The molecule has 3 aliphatic rings. The summed E-state index contributed by atoms with van der Waals surface area (Å²) in [5.74, 6) is 3.74. The molecular formula is C33H69O3PS4Si3.